The SMILES string of the molecule is COc1ccccc1CN(Cc1nc2ccsc2c(=O)[nH]1)Cc1cccs1. The maximum absolute atomic E-state index is 12.3. The summed E-state index contributed by atoms with van der Waals surface area (Å²) in [6, 6.07) is 14.1. The molecule has 5 nitrogen and oxygen atoms in total. The lowest BCUT2D eigenvalue weighted by Crippen LogP contribution is -2.25. The van der Waals surface area contributed by atoms with Crippen LogP contribution in [0, 0.1) is 0 Å². The number of aromatic nitrogens is 2. The first kappa shape index (κ1) is 17.9. The lowest BCUT2D eigenvalue weighted by atomic mass is 10.2. The molecule has 4 rings (SSSR count). The molecular weight excluding hydrogens is 378 g/mol. The van der Waals surface area contributed by atoms with Gasteiger partial charge in [-0.1, -0.05) is 24.3 Å². The quantitative estimate of drug-likeness (QED) is 0.506. The molecule has 0 saturated heterocycles. The zero-order chi connectivity index (χ0) is 18.6. The summed E-state index contributed by atoms with van der Waals surface area (Å²) >= 11 is 3.14. The Morgan fingerprint density at radius 2 is 1.93 bits per heavy atom. The number of nitrogens with one attached hydrogen (secondary N) is 1. The maximum Gasteiger partial charge on any atom is 0.268 e. The number of thiophene rings is 2. The van der Waals surface area contributed by atoms with Gasteiger partial charge in [-0.15, -0.1) is 22.7 Å². The van der Waals surface area contributed by atoms with Crippen LogP contribution in [-0.2, 0) is 19.6 Å². The van der Waals surface area contributed by atoms with E-state index in [0.29, 0.717) is 23.6 Å². The van der Waals surface area contributed by atoms with Gasteiger partial charge in [0.1, 0.15) is 16.3 Å². The minimum atomic E-state index is -0.0710. The van der Waals surface area contributed by atoms with Crippen LogP contribution in [0.4, 0.5) is 0 Å². The third kappa shape index (κ3) is 4.10. The average molecular weight is 398 g/mol. The monoisotopic (exact) mass is 397 g/mol. The van der Waals surface area contributed by atoms with Crippen LogP contribution >= 0.6 is 22.7 Å². The van der Waals surface area contributed by atoms with Crippen molar-refractivity contribution in [2.75, 3.05) is 7.11 Å². The van der Waals surface area contributed by atoms with Gasteiger partial charge in [-0.2, -0.15) is 0 Å². The molecule has 0 saturated carbocycles. The third-order valence-corrected chi connectivity index (χ3v) is 6.05. The molecule has 1 N–H and O–H groups in total. The minimum absolute atomic E-state index is 0.0710. The van der Waals surface area contributed by atoms with E-state index in [1.807, 2.05) is 29.6 Å². The van der Waals surface area contributed by atoms with Crippen molar-refractivity contribution >= 4 is 32.9 Å². The van der Waals surface area contributed by atoms with Crippen LogP contribution in [0.5, 0.6) is 5.75 Å². The molecule has 0 aliphatic carbocycles. The predicted molar refractivity (Wildman–Crippen MR) is 111 cm³/mol. The van der Waals surface area contributed by atoms with E-state index < -0.39 is 0 Å². The molecule has 0 unspecified atom stereocenters. The van der Waals surface area contributed by atoms with Gasteiger partial charge in [0.15, 0.2) is 0 Å². The molecule has 4 aromatic rings. The fraction of sp³-hybridized carbons (Fsp3) is 0.200. The third-order valence-electron chi connectivity index (χ3n) is 4.28. The number of benzene rings is 1. The summed E-state index contributed by atoms with van der Waals surface area (Å²) < 4.78 is 6.18. The van der Waals surface area contributed by atoms with Crippen molar-refractivity contribution in [3.05, 3.63) is 79.8 Å². The highest BCUT2D eigenvalue weighted by Crippen LogP contribution is 2.22. The second-order valence-electron chi connectivity index (χ2n) is 6.18. The number of hydrogen-bond acceptors (Lipinski definition) is 6. The van der Waals surface area contributed by atoms with E-state index in [-0.39, 0.29) is 5.56 Å². The molecule has 0 aliphatic heterocycles. The highest BCUT2D eigenvalue weighted by Gasteiger charge is 2.14. The molecule has 0 amide bonds. The number of aromatic amines is 1. The molecule has 0 atom stereocenters. The largest absolute Gasteiger partial charge is 0.496 e. The van der Waals surface area contributed by atoms with Crippen LogP contribution in [0.1, 0.15) is 16.3 Å². The number of hydrogen-bond donors (Lipinski definition) is 1. The highest BCUT2D eigenvalue weighted by molar-refractivity contribution is 7.17. The van der Waals surface area contributed by atoms with E-state index in [0.717, 1.165) is 23.4 Å². The van der Waals surface area contributed by atoms with Gasteiger partial charge in [-0.25, -0.2) is 4.98 Å². The van der Waals surface area contributed by atoms with E-state index in [9.17, 15) is 4.79 Å². The van der Waals surface area contributed by atoms with Crippen LogP contribution in [0.2, 0.25) is 0 Å². The van der Waals surface area contributed by atoms with E-state index in [1.54, 1.807) is 18.4 Å². The van der Waals surface area contributed by atoms with Crippen molar-refractivity contribution in [1.29, 1.82) is 0 Å². The smallest absolute Gasteiger partial charge is 0.268 e. The summed E-state index contributed by atoms with van der Waals surface area (Å²) in [5.74, 6) is 1.54. The second kappa shape index (κ2) is 8.04. The van der Waals surface area contributed by atoms with E-state index in [2.05, 4.69) is 38.4 Å². The summed E-state index contributed by atoms with van der Waals surface area (Å²) in [6.07, 6.45) is 0. The Labute approximate surface area is 164 Å². The van der Waals surface area contributed by atoms with Crippen molar-refractivity contribution in [3.8, 4) is 5.75 Å². The minimum Gasteiger partial charge on any atom is -0.496 e. The summed E-state index contributed by atoms with van der Waals surface area (Å²) in [7, 11) is 1.69. The zero-order valence-electron chi connectivity index (χ0n) is 14.8. The number of para-hydroxylation sites is 1. The molecule has 0 aliphatic rings. The van der Waals surface area contributed by atoms with Gasteiger partial charge in [0.25, 0.3) is 5.56 Å². The van der Waals surface area contributed by atoms with Gasteiger partial charge in [0, 0.05) is 23.5 Å². The number of methoxy groups -OCH3 is 1. The number of nitrogens with zero attached hydrogens (tertiary/aromatic N) is 2. The van der Waals surface area contributed by atoms with Crippen molar-refractivity contribution in [2.24, 2.45) is 0 Å². The molecule has 138 valence electrons. The molecule has 3 aromatic heterocycles. The van der Waals surface area contributed by atoms with Crippen molar-refractivity contribution in [1.82, 2.24) is 14.9 Å². The second-order valence-corrected chi connectivity index (χ2v) is 8.13. The normalized spacial score (nSPS) is 11.3. The Kier molecular flexibility index (Phi) is 5.33. The van der Waals surface area contributed by atoms with E-state index in [4.69, 9.17) is 4.74 Å². The standard InChI is InChI=1S/C20H19N3O2S2/c1-25-17-7-3-2-5-14(17)11-23(12-15-6-4-9-26-15)13-18-21-16-8-10-27-19(16)20(24)22-18/h2-10H,11-13H2,1H3,(H,21,22,24). The molecule has 0 radical (unpaired) electrons. The molecule has 0 bridgehead atoms. The topological polar surface area (TPSA) is 58.2 Å². The lowest BCUT2D eigenvalue weighted by molar-refractivity contribution is 0.239. The molecule has 3 heterocycles. The Balaban J connectivity index is 1.63. The molecule has 27 heavy (non-hydrogen) atoms. The fourth-order valence-electron chi connectivity index (χ4n) is 3.07. The van der Waals surface area contributed by atoms with Gasteiger partial charge in [0.2, 0.25) is 0 Å². The van der Waals surface area contributed by atoms with Crippen LogP contribution in [0.3, 0.4) is 0 Å². The van der Waals surface area contributed by atoms with Gasteiger partial charge in [-0.3, -0.25) is 9.69 Å². The van der Waals surface area contributed by atoms with Crippen LogP contribution in [0.25, 0.3) is 10.2 Å². The molecule has 0 spiro atoms. The molecule has 0 fully saturated rings. The summed E-state index contributed by atoms with van der Waals surface area (Å²) in [6.45, 7) is 2.03. The average Bonchev–Trinajstić information content (AvgIpc) is 3.34. The summed E-state index contributed by atoms with van der Waals surface area (Å²) in [4.78, 5) is 23.4. The van der Waals surface area contributed by atoms with Crippen molar-refractivity contribution in [2.45, 2.75) is 19.6 Å². The predicted octanol–water partition coefficient (Wildman–Crippen LogP) is 4.26. The van der Waals surface area contributed by atoms with Gasteiger partial charge in [0.05, 0.1) is 19.2 Å². The van der Waals surface area contributed by atoms with Gasteiger partial charge < -0.3 is 9.72 Å². The van der Waals surface area contributed by atoms with Crippen LogP contribution in [-0.4, -0.2) is 22.0 Å². The first-order valence-electron chi connectivity index (χ1n) is 8.56. The van der Waals surface area contributed by atoms with Crippen molar-refractivity contribution in [3.63, 3.8) is 0 Å². The summed E-state index contributed by atoms with van der Waals surface area (Å²) in [5.41, 5.74) is 1.79. The number of ether oxygens (including phenoxy) is 1. The Morgan fingerprint density at radius 3 is 2.74 bits per heavy atom. The Bertz CT molecular complexity index is 1090. The van der Waals surface area contributed by atoms with Crippen LogP contribution in [0.15, 0.2) is 58.0 Å². The fourth-order valence-corrected chi connectivity index (χ4v) is 4.55. The van der Waals surface area contributed by atoms with E-state index >= 15 is 0 Å². The first-order valence-corrected chi connectivity index (χ1v) is 10.3. The maximum atomic E-state index is 12.3. The highest BCUT2D eigenvalue weighted by atomic mass is 32.1. The molecular formula is C20H19N3O2S2. The van der Waals surface area contributed by atoms with E-state index in [1.165, 1.54) is 16.2 Å². The number of fused-ring (bicyclic) bond motifs is 1. The van der Waals surface area contributed by atoms with Gasteiger partial charge >= 0.3 is 0 Å². The lowest BCUT2D eigenvalue weighted by Gasteiger charge is -2.22. The van der Waals surface area contributed by atoms with Gasteiger partial charge in [-0.05, 0) is 29.0 Å². The number of rotatable bonds is 7. The molecule has 7 heteroatoms. The zero-order valence-corrected chi connectivity index (χ0v) is 16.5. The Morgan fingerprint density at radius 1 is 1.04 bits per heavy atom. The van der Waals surface area contributed by atoms with Crippen LogP contribution < -0.4 is 10.3 Å². The summed E-state index contributed by atoms with van der Waals surface area (Å²) in [5, 5.41) is 3.98. The van der Waals surface area contributed by atoms with Crippen molar-refractivity contribution < 1.29 is 4.74 Å². The number of H-pyrrole nitrogens is 1. The molecule has 1 aromatic carbocycles. The Hall–Kier alpha value is -2.48. The first-order chi connectivity index (χ1) is 13.2.